The first-order valence-corrected chi connectivity index (χ1v) is 8.20. The van der Waals surface area contributed by atoms with E-state index in [1.54, 1.807) is 0 Å². The van der Waals surface area contributed by atoms with Gasteiger partial charge in [0.2, 0.25) is 0 Å². The minimum absolute atomic E-state index is 0.320. The summed E-state index contributed by atoms with van der Waals surface area (Å²) < 4.78 is 0. The maximum atomic E-state index is 4.14. The largest absolute Gasteiger partial charge is 0.384 e. The molecule has 0 aliphatic carbocycles. The smallest absolute Gasteiger partial charge is 0.0733 e. The van der Waals surface area contributed by atoms with Gasteiger partial charge in [0.15, 0.2) is 0 Å². The van der Waals surface area contributed by atoms with E-state index >= 15 is 0 Å². The van der Waals surface area contributed by atoms with Crippen molar-refractivity contribution in [3.8, 4) is 0 Å². The summed E-state index contributed by atoms with van der Waals surface area (Å²) in [7, 11) is 0. The van der Waals surface area contributed by atoms with Crippen molar-refractivity contribution in [3.63, 3.8) is 0 Å². The molecule has 1 unspecified atom stereocenters. The Bertz CT molecular complexity index is 428. The molecule has 110 valence electrons. The van der Waals surface area contributed by atoms with Gasteiger partial charge in [0.05, 0.1) is 5.37 Å². The lowest BCUT2D eigenvalue weighted by Gasteiger charge is -2.26. The van der Waals surface area contributed by atoms with Gasteiger partial charge in [-0.1, -0.05) is 49.1 Å². The van der Waals surface area contributed by atoms with E-state index in [0.29, 0.717) is 11.4 Å². The molecule has 0 fully saturated rings. The number of hydrogen-bond acceptors (Lipinski definition) is 3. The van der Waals surface area contributed by atoms with Crippen molar-refractivity contribution in [2.24, 2.45) is 0 Å². The molecule has 0 amide bonds. The molecule has 0 saturated carbocycles. The van der Waals surface area contributed by atoms with Crippen LogP contribution in [0.15, 0.2) is 54.8 Å². The molecule has 0 aliphatic heterocycles. The normalized spacial score (nSPS) is 13.6. The Balaban J connectivity index is 2.44. The first-order valence-electron chi connectivity index (χ1n) is 6.91. The highest BCUT2D eigenvalue weighted by Gasteiger charge is 2.15. The van der Waals surface area contributed by atoms with Crippen LogP contribution in [0, 0.1) is 0 Å². The molecule has 1 rings (SSSR count). The number of allylic oxidation sites excluding steroid dienone is 1. The molecule has 0 heterocycles. The average Bonchev–Trinajstić information content (AvgIpc) is 2.40. The highest BCUT2D eigenvalue weighted by Crippen LogP contribution is 2.11. The monoisotopic (exact) mass is 290 g/mol. The van der Waals surface area contributed by atoms with Crippen LogP contribution in [-0.4, -0.2) is 24.2 Å². The lowest BCUT2D eigenvalue weighted by Crippen LogP contribution is -2.44. The Morgan fingerprint density at radius 3 is 2.45 bits per heavy atom. The molecule has 0 saturated heterocycles. The van der Waals surface area contributed by atoms with Crippen LogP contribution < -0.4 is 10.6 Å². The summed E-state index contributed by atoms with van der Waals surface area (Å²) in [5, 5.41) is 7.34. The van der Waals surface area contributed by atoms with E-state index < -0.39 is 0 Å². The third kappa shape index (κ3) is 6.31. The molecule has 2 atom stereocenters. The second-order valence-electron chi connectivity index (χ2n) is 5.19. The quantitative estimate of drug-likeness (QED) is 0.537. The lowest BCUT2D eigenvalue weighted by atomic mass is 10.1. The Hall–Kier alpha value is -1.19. The number of nitrogens with one attached hydrogen (secondary N) is 2. The van der Waals surface area contributed by atoms with Crippen LogP contribution >= 0.6 is 11.8 Å². The van der Waals surface area contributed by atoms with Gasteiger partial charge in [-0.25, -0.2) is 0 Å². The highest BCUT2D eigenvalue weighted by molar-refractivity contribution is 7.99. The Kier molecular flexibility index (Phi) is 7.48. The van der Waals surface area contributed by atoms with Crippen LogP contribution in [0.4, 0.5) is 0 Å². The van der Waals surface area contributed by atoms with Gasteiger partial charge in [0, 0.05) is 24.7 Å². The Morgan fingerprint density at radius 1 is 1.25 bits per heavy atom. The van der Waals surface area contributed by atoms with Crippen LogP contribution in [0.1, 0.15) is 19.4 Å². The van der Waals surface area contributed by atoms with Crippen LogP contribution in [0.2, 0.25) is 0 Å². The summed E-state index contributed by atoms with van der Waals surface area (Å²) in [4.78, 5) is 0. The van der Waals surface area contributed by atoms with Crippen molar-refractivity contribution < 1.29 is 0 Å². The molecule has 1 aromatic carbocycles. The fourth-order valence-corrected chi connectivity index (χ4v) is 2.76. The zero-order chi connectivity index (χ0) is 15.0. The SMILES string of the molecule is C=C(C)CNC(SC)[C@@H](C)NC(=C)Cc1ccccc1. The van der Waals surface area contributed by atoms with Gasteiger partial charge in [-0.3, -0.25) is 5.32 Å². The molecule has 0 spiro atoms. The first-order chi connectivity index (χ1) is 9.52. The maximum Gasteiger partial charge on any atom is 0.0733 e. The molecular formula is C17H26N2S. The van der Waals surface area contributed by atoms with Crippen molar-refractivity contribution in [2.75, 3.05) is 12.8 Å². The van der Waals surface area contributed by atoms with E-state index in [0.717, 1.165) is 24.2 Å². The van der Waals surface area contributed by atoms with Crippen molar-refractivity contribution in [3.05, 3.63) is 60.3 Å². The number of rotatable bonds is 9. The molecule has 1 aromatic rings. The topological polar surface area (TPSA) is 24.1 Å². The summed E-state index contributed by atoms with van der Waals surface area (Å²) in [6, 6.07) is 10.7. The third-order valence-electron chi connectivity index (χ3n) is 3.01. The minimum atomic E-state index is 0.320. The zero-order valence-corrected chi connectivity index (χ0v) is 13.6. The molecule has 3 heteroatoms. The number of hydrogen-bond donors (Lipinski definition) is 2. The second-order valence-corrected chi connectivity index (χ2v) is 6.17. The molecular weight excluding hydrogens is 264 g/mol. The second kappa shape index (κ2) is 8.88. The van der Waals surface area contributed by atoms with E-state index in [-0.39, 0.29) is 0 Å². The van der Waals surface area contributed by atoms with E-state index in [1.165, 1.54) is 5.56 Å². The Morgan fingerprint density at radius 2 is 1.90 bits per heavy atom. The number of benzene rings is 1. The van der Waals surface area contributed by atoms with Crippen LogP contribution in [0.25, 0.3) is 0 Å². The average molecular weight is 290 g/mol. The summed E-state index contributed by atoms with van der Waals surface area (Å²) in [6.45, 7) is 13.1. The molecule has 0 radical (unpaired) electrons. The van der Waals surface area contributed by atoms with Crippen LogP contribution in [-0.2, 0) is 6.42 Å². The van der Waals surface area contributed by atoms with E-state index in [2.05, 4.69) is 61.2 Å². The number of thioether (sulfide) groups is 1. The summed E-state index contributed by atoms with van der Waals surface area (Å²) in [5.74, 6) is 0. The molecule has 0 aliphatic rings. The van der Waals surface area contributed by atoms with E-state index in [4.69, 9.17) is 0 Å². The van der Waals surface area contributed by atoms with Gasteiger partial charge in [0.25, 0.3) is 0 Å². The molecule has 0 bridgehead atoms. The fourth-order valence-electron chi connectivity index (χ4n) is 2.03. The lowest BCUT2D eigenvalue weighted by molar-refractivity contribution is 0.521. The van der Waals surface area contributed by atoms with Gasteiger partial charge >= 0.3 is 0 Å². The fraction of sp³-hybridized carbons (Fsp3) is 0.412. The van der Waals surface area contributed by atoms with Crippen molar-refractivity contribution in [2.45, 2.75) is 31.7 Å². The van der Waals surface area contributed by atoms with Crippen LogP contribution in [0.3, 0.4) is 0 Å². The maximum absolute atomic E-state index is 4.14. The van der Waals surface area contributed by atoms with E-state index in [1.807, 2.05) is 24.8 Å². The molecule has 2 nitrogen and oxygen atoms in total. The first kappa shape index (κ1) is 16.9. The summed E-state index contributed by atoms with van der Waals surface area (Å²) >= 11 is 1.81. The van der Waals surface area contributed by atoms with Gasteiger partial charge in [-0.15, -0.1) is 11.8 Å². The van der Waals surface area contributed by atoms with Crippen molar-refractivity contribution >= 4 is 11.8 Å². The van der Waals surface area contributed by atoms with E-state index in [9.17, 15) is 0 Å². The molecule has 20 heavy (non-hydrogen) atoms. The van der Waals surface area contributed by atoms with Gasteiger partial charge in [-0.2, -0.15) is 0 Å². The van der Waals surface area contributed by atoms with Gasteiger partial charge in [-0.05, 0) is 25.7 Å². The van der Waals surface area contributed by atoms with Gasteiger partial charge < -0.3 is 5.32 Å². The minimum Gasteiger partial charge on any atom is -0.384 e. The molecule has 0 aromatic heterocycles. The van der Waals surface area contributed by atoms with Crippen molar-refractivity contribution in [1.82, 2.24) is 10.6 Å². The predicted octanol–water partition coefficient (Wildman–Crippen LogP) is 3.58. The third-order valence-corrected chi connectivity index (χ3v) is 4.09. The standard InChI is InChI=1S/C17H26N2S/c1-13(2)12-18-17(20-5)15(4)19-14(3)11-16-9-7-6-8-10-16/h6-10,15,17-19H,1,3,11-12H2,2,4-5H3/t15-,17?/m1/s1. The van der Waals surface area contributed by atoms with Crippen LogP contribution in [0.5, 0.6) is 0 Å². The van der Waals surface area contributed by atoms with Crippen molar-refractivity contribution in [1.29, 1.82) is 0 Å². The summed E-state index contributed by atoms with van der Waals surface area (Å²) in [6.07, 6.45) is 2.99. The Labute approximate surface area is 127 Å². The van der Waals surface area contributed by atoms with Gasteiger partial charge in [0.1, 0.15) is 0 Å². The highest BCUT2D eigenvalue weighted by atomic mass is 32.2. The molecule has 2 N–H and O–H groups in total. The zero-order valence-electron chi connectivity index (χ0n) is 12.8. The predicted molar refractivity (Wildman–Crippen MR) is 92.0 cm³/mol. The summed E-state index contributed by atoms with van der Waals surface area (Å²) in [5.41, 5.74) is 3.49.